The lowest BCUT2D eigenvalue weighted by Gasteiger charge is -1.96. The maximum absolute atomic E-state index is 5.02. The van der Waals surface area contributed by atoms with E-state index >= 15 is 0 Å². The largest absolute Gasteiger partial charge is 0.432 e. The molecule has 0 N–H and O–H groups in total. The summed E-state index contributed by atoms with van der Waals surface area (Å²) >= 11 is 0. The van der Waals surface area contributed by atoms with E-state index < -0.39 is 0 Å². The van der Waals surface area contributed by atoms with Crippen molar-refractivity contribution in [3.63, 3.8) is 0 Å². The van der Waals surface area contributed by atoms with Gasteiger partial charge in [0.15, 0.2) is 5.58 Å². The number of benzene rings is 1. The minimum atomic E-state index is 0.813. The molecule has 2 nitrogen and oxygen atoms in total. The molecule has 2 aromatic rings. The molecule has 2 rings (SSSR count). The van der Waals surface area contributed by atoms with Crippen LogP contribution in [0, 0.1) is 20.2 Å². The molecule has 1 aromatic heterocycles. The van der Waals surface area contributed by atoms with Gasteiger partial charge in [-0.2, -0.15) is 0 Å². The summed E-state index contributed by atoms with van der Waals surface area (Å²) in [5, 5.41) is 0. The zero-order chi connectivity index (χ0) is 7.84. The maximum Gasteiger partial charge on any atom is 0.284 e. The highest BCUT2D eigenvalue weighted by atomic mass is 16.3. The predicted octanol–water partition coefficient (Wildman–Crippen LogP) is 2.24. The lowest BCUT2D eigenvalue weighted by Crippen LogP contribution is -1.79. The Kier molecular flexibility index (Phi) is 1.22. The minimum absolute atomic E-state index is 0.813. The Labute approximate surface area is 64.9 Å². The van der Waals surface area contributed by atoms with Crippen molar-refractivity contribution in [2.45, 2.75) is 13.8 Å². The molecule has 1 heterocycles. The number of hydrogen-bond donors (Lipinski definition) is 0. The van der Waals surface area contributed by atoms with Crippen molar-refractivity contribution >= 4 is 11.1 Å². The Morgan fingerprint density at radius 3 is 2.82 bits per heavy atom. The first-order chi connectivity index (χ1) is 5.27. The highest BCUT2D eigenvalue weighted by Gasteiger charge is 2.00. The van der Waals surface area contributed by atoms with Crippen LogP contribution in [0.2, 0.25) is 0 Å². The summed E-state index contributed by atoms with van der Waals surface area (Å²) in [5.74, 6) is 0. The smallest absolute Gasteiger partial charge is 0.284 e. The fourth-order valence-electron chi connectivity index (χ4n) is 1.06. The number of nitrogens with zero attached hydrogens (tertiary/aromatic N) is 1. The highest BCUT2D eigenvalue weighted by molar-refractivity contribution is 5.73. The first-order valence-electron chi connectivity index (χ1n) is 3.51. The van der Waals surface area contributed by atoms with Crippen LogP contribution in [0.3, 0.4) is 0 Å². The number of rotatable bonds is 0. The predicted molar refractivity (Wildman–Crippen MR) is 42.3 cm³/mol. The average molecular weight is 146 g/mol. The van der Waals surface area contributed by atoms with Crippen LogP contribution < -0.4 is 0 Å². The zero-order valence-electron chi connectivity index (χ0n) is 6.51. The van der Waals surface area contributed by atoms with Crippen LogP contribution >= 0.6 is 0 Å². The Morgan fingerprint density at radius 2 is 2.00 bits per heavy atom. The number of hydrogen-bond acceptors (Lipinski definition) is 2. The van der Waals surface area contributed by atoms with Crippen molar-refractivity contribution in [3.8, 4) is 0 Å². The van der Waals surface area contributed by atoms with Gasteiger partial charge >= 0.3 is 0 Å². The Bertz CT molecular complexity index is 353. The normalized spacial score (nSPS) is 10.7. The van der Waals surface area contributed by atoms with Crippen LogP contribution in [-0.4, -0.2) is 4.98 Å². The molecule has 0 atom stereocenters. The fourth-order valence-corrected chi connectivity index (χ4v) is 1.06. The number of aromatic nitrogens is 1. The lowest BCUT2D eigenvalue weighted by atomic mass is 10.1. The molecule has 0 amide bonds. The van der Waals surface area contributed by atoms with Crippen LogP contribution in [0.15, 0.2) is 16.5 Å². The van der Waals surface area contributed by atoms with E-state index in [2.05, 4.69) is 25.2 Å². The molecule has 0 bridgehead atoms. The number of oxazole rings is 1. The van der Waals surface area contributed by atoms with Crippen molar-refractivity contribution in [1.82, 2.24) is 4.98 Å². The topological polar surface area (TPSA) is 26.0 Å². The van der Waals surface area contributed by atoms with Gasteiger partial charge in [-0.1, -0.05) is 0 Å². The minimum Gasteiger partial charge on any atom is -0.432 e. The summed E-state index contributed by atoms with van der Waals surface area (Å²) < 4.78 is 5.02. The zero-order valence-corrected chi connectivity index (χ0v) is 6.51. The van der Waals surface area contributed by atoms with Crippen molar-refractivity contribution < 1.29 is 4.42 Å². The van der Waals surface area contributed by atoms with E-state index in [1.807, 2.05) is 12.1 Å². The molecular formula is C9H8NO. The fraction of sp³-hybridized carbons (Fsp3) is 0.222. The quantitative estimate of drug-likeness (QED) is 0.569. The summed E-state index contributed by atoms with van der Waals surface area (Å²) in [4.78, 5) is 3.93. The van der Waals surface area contributed by atoms with Gasteiger partial charge < -0.3 is 4.42 Å². The molecule has 11 heavy (non-hydrogen) atoms. The molecule has 0 aliphatic rings. The molecule has 0 aliphatic carbocycles. The maximum atomic E-state index is 5.02. The molecule has 55 valence electrons. The van der Waals surface area contributed by atoms with Crippen LogP contribution in [-0.2, 0) is 0 Å². The Balaban J connectivity index is 2.86. The second-order valence-corrected chi connectivity index (χ2v) is 2.71. The van der Waals surface area contributed by atoms with Crippen LogP contribution in [0.25, 0.3) is 11.1 Å². The van der Waals surface area contributed by atoms with Gasteiger partial charge in [0.1, 0.15) is 5.52 Å². The third-order valence-corrected chi connectivity index (χ3v) is 1.90. The third kappa shape index (κ3) is 0.909. The first-order valence-corrected chi connectivity index (χ1v) is 3.51. The summed E-state index contributed by atoms with van der Waals surface area (Å²) in [6.07, 6.45) is 2.47. The third-order valence-electron chi connectivity index (χ3n) is 1.90. The first kappa shape index (κ1) is 6.40. The van der Waals surface area contributed by atoms with Gasteiger partial charge in [0, 0.05) is 0 Å². The summed E-state index contributed by atoms with van der Waals surface area (Å²) in [6, 6.07) is 3.98. The summed E-state index contributed by atoms with van der Waals surface area (Å²) in [5.41, 5.74) is 4.16. The van der Waals surface area contributed by atoms with Crippen LogP contribution in [0.4, 0.5) is 0 Å². The van der Waals surface area contributed by atoms with E-state index in [1.165, 1.54) is 11.1 Å². The Hall–Kier alpha value is -1.31. The molecule has 0 fully saturated rings. The van der Waals surface area contributed by atoms with E-state index in [1.54, 1.807) is 0 Å². The summed E-state index contributed by atoms with van der Waals surface area (Å²) in [7, 11) is 0. The SMILES string of the molecule is Cc1cc2n[c]oc2cc1C. The van der Waals surface area contributed by atoms with E-state index in [9.17, 15) is 0 Å². The van der Waals surface area contributed by atoms with E-state index in [0.29, 0.717) is 0 Å². The van der Waals surface area contributed by atoms with Crippen LogP contribution in [0.1, 0.15) is 11.1 Å². The second-order valence-electron chi connectivity index (χ2n) is 2.71. The van der Waals surface area contributed by atoms with Crippen molar-refractivity contribution in [3.05, 3.63) is 29.7 Å². The summed E-state index contributed by atoms with van der Waals surface area (Å²) in [6.45, 7) is 4.11. The van der Waals surface area contributed by atoms with E-state index in [4.69, 9.17) is 4.42 Å². The van der Waals surface area contributed by atoms with Crippen molar-refractivity contribution in [2.24, 2.45) is 0 Å². The van der Waals surface area contributed by atoms with Gasteiger partial charge in [-0.15, -0.1) is 0 Å². The van der Waals surface area contributed by atoms with Gasteiger partial charge in [0.25, 0.3) is 6.39 Å². The molecule has 0 saturated carbocycles. The lowest BCUT2D eigenvalue weighted by molar-refractivity contribution is 0.591. The molecule has 2 heteroatoms. The van der Waals surface area contributed by atoms with E-state index in [0.717, 1.165) is 11.1 Å². The Morgan fingerprint density at radius 1 is 1.27 bits per heavy atom. The van der Waals surface area contributed by atoms with Gasteiger partial charge in [0.05, 0.1) is 0 Å². The van der Waals surface area contributed by atoms with Gasteiger partial charge in [-0.25, -0.2) is 4.98 Å². The second kappa shape index (κ2) is 2.09. The van der Waals surface area contributed by atoms with E-state index in [-0.39, 0.29) is 0 Å². The van der Waals surface area contributed by atoms with Crippen molar-refractivity contribution in [2.75, 3.05) is 0 Å². The number of fused-ring (bicyclic) bond motifs is 1. The monoisotopic (exact) mass is 146 g/mol. The molecule has 1 aromatic carbocycles. The highest BCUT2D eigenvalue weighted by Crippen LogP contribution is 2.16. The molecular weight excluding hydrogens is 138 g/mol. The molecule has 0 unspecified atom stereocenters. The van der Waals surface area contributed by atoms with Gasteiger partial charge in [-0.05, 0) is 37.1 Å². The number of aryl methyl sites for hydroxylation is 2. The standard InChI is InChI=1S/C9H8NO/c1-6-3-8-9(4-7(6)2)11-5-10-8/h3-4H,1-2H3. The molecule has 1 radical (unpaired) electrons. The molecule has 0 saturated heterocycles. The average Bonchev–Trinajstić information content (AvgIpc) is 2.36. The molecule has 0 aliphatic heterocycles. The van der Waals surface area contributed by atoms with Crippen molar-refractivity contribution in [1.29, 1.82) is 0 Å². The van der Waals surface area contributed by atoms with Gasteiger partial charge in [0.2, 0.25) is 0 Å². The van der Waals surface area contributed by atoms with Crippen LogP contribution in [0.5, 0.6) is 0 Å². The molecule has 0 spiro atoms. The van der Waals surface area contributed by atoms with Gasteiger partial charge in [-0.3, -0.25) is 0 Å².